The Balaban J connectivity index is 2.04. The third kappa shape index (κ3) is 4.37. The summed E-state index contributed by atoms with van der Waals surface area (Å²) in [5.41, 5.74) is 8.50. The fraction of sp³-hybridized carbons (Fsp3) is 0.286. The lowest BCUT2D eigenvalue weighted by Gasteiger charge is -2.06. The predicted molar refractivity (Wildman–Crippen MR) is 90.0 cm³/mol. The van der Waals surface area contributed by atoms with Crippen LogP contribution in [0.1, 0.15) is 16.7 Å². The van der Waals surface area contributed by atoms with Gasteiger partial charge in [-0.2, -0.15) is 0 Å². The van der Waals surface area contributed by atoms with Crippen molar-refractivity contribution in [1.82, 2.24) is 4.72 Å². The number of aryl methyl sites for hydroxylation is 1. The fourth-order valence-corrected chi connectivity index (χ4v) is 5.09. The van der Waals surface area contributed by atoms with Crippen LogP contribution in [0.2, 0.25) is 0 Å². The molecule has 0 bridgehead atoms. The molecule has 0 saturated carbocycles. The van der Waals surface area contributed by atoms with E-state index in [4.69, 9.17) is 5.73 Å². The number of sulfonamides is 1. The molecule has 1 aromatic heterocycles. The van der Waals surface area contributed by atoms with Crippen molar-refractivity contribution in [2.75, 3.05) is 6.54 Å². The summed E-state index contributed by atoms with van der Waals surface area (Å²) >= 11 is 4.56. The third-order valence-corrected chi connectivity index (χ3v) is 7.03. The molecule has 7 heteroatoms. The molecule has 0 spiro atoms. The van der Waals surface area contributed by atoms with Gasteiger partial charge in [-0.05, 0) is 58.6 Å². The summed E-state index contributed by atoms with van der Waals surface area (Å²) in [6.07, 6.45) is 0.828. The molecule has 1 aromatic carbocycles. The number of rotatable bonds is 6. The first-order valence-electron chi connectivity index (χ1n) is 6.46. The first-order chi connectivity index (χ1) is 9.92. The van der Waals surface area contributed by atoms with E-state index in [-0.39, 0.29) is 6.54 Å². The molecule has 0 atom stereocenters. The molecule has 0 aliphatic heterocycles. The van der Waals surface area contributed by atoms with Crippen LogP contribution < -0.4 is 10.5 Å². The molecule has 2 rings (SSSR count). The van der Waals surface area contributed by atoms with E-state index in [1.54, 1.807) is 6.07 Å². The first-order valence-corrected chi connectivity index (χ1v) is 9.55. The van der Waals surface area contributed by atoms with E-state index in [1.807, 2.05) is 31.2 Å². The molecule has 4 nitrogen and oxygen atoms in total. The van der Waals surface area contributed by atoms with E-state index in [1.165, 1.54) is 11.3 Å². The Morgan fingerprint density at radius 1 is 1.24 bits per heavy atom. The predicted octanol–water partition coefficient (Wildman–Crippen LogP) is 2.80. The van der Waals surface area contributed by atoms with E-state index in [0.29, 0.717) is 10.8 Å². The first kappa shape index (κ1) is 16.6. The zero-order chi connectivity index (χ0) is 15.5. The van der Waals surface area contributed by atoms with Gasteiger partial charge < -0.3 is 5.73 Å². The van der Waals surface area contributed by atoms with Crippen LogP contribution in [-0.2, 0) is 23.0 Å². The zero-order valence-electron chi connectivity index (χ0n) is 11.6. The number of thiophene rings is 1. The average Bonchev–Trinajstić information content (AvgIpc) is 2.79. The Labute approximate surface area is 137 Å². The molecule has 2 aromatic rings. The summed E-state index contributed by atoms with van der Waals surface area (Å²) in [5.74, 6) is 0. The summed E-state index contributed by atoms with van der Waals surface area (Å²) < 4.78 is 28.2. The molecule has 114 valence electrons. The van der Waals surface area contributed by atoms with Crippen molar-refractivity contribution in [3.05, 3.63) is 50.8 Å². The minimum absolute atomic E-state index is 0.278. The van der Waals surface area contributed by atoms with E-state index >= 15 is 0 Å². The van der Waals surface area contributed by atoms with Gasteiger partial charge >= 0.3 is 0 Å². The Hall–Kier alpha value is -0.730. The topological polar surface area (TPSA) is 72.2 Å². The number of halogens is 1. The highest BCUT2D eigenvalue weighted by Gasteiger charge is 2.17. The van der Waals surface area contributed by atoms with Gasteiger partial charge in [0.05, 0.1) is 3.79 Å². The molecule has 0 aliphatic carbocycles. The molecular formula is C14H17BrN2O2S2. The maximum atomic E-state index is 12.2. The van der Waals surface area contributed by atoms with Crippen LogP contribution in [0, 0.1) is 6.92 Å². The smallest absolute Gasteiger partial charge is 0.250 e. The SMILES string of the molecule is Cc1cc(S(=O)(=O)NCc2ccc(CCN)cc2)sc1Br. The molecule has 3 N–H and O–H groups in total. The molecule has 1 heterocycles. The van der Waals surface area contributed by atoms with Crippen molar-refractivity contribution in [3.63, 3.8) is 0 Å². The normalized spacial score (nSPS) is 11.8. The Bertz CT molecular complexity index is 690. The van der Waals surface area contributed by atoms with Gasteiger partial charge in [-0.1, -0.05) is 24.3 Å². The van der Waals surface area contributed by atoms with Crippen molar-refractivity contribution < 1.29 is 8.42 Å². The fourth-order valence-electron chi connectivity index (χ4n) is 1.80. The zero-order valence-corrected chi connectivity index (χ0v) is 14.8. The summed E-state index contributed by atoms with van der Waals surface area (Å²) in [7, 11) is -3.46. The van der Waals surface area contributed by atoms with Gasteiger partial charge in [0.1, 0.15) is 4.21 Å². The summed E-state index contributed by atoms with van der Waals surface area (Å²) in [5, 5.41) is 0. The number of nitrogens with one attached hydrogen (secondary N) is 1. The van der Waals surface area contributed by atoms with Crippen LogP contribution >= 0.6 is 27.3 Å². The van der Waals surface area contributed by atoms with Crippen molar-refractivity contribution in [3.8, 4) is 0 Å². The van der Waals surface area contributed by atoms with Crippen LogP contribution in [0.4, 0.5) is 0 Å². The Morgan fingerprint density at radius 2 is 1.86 bits per heavy atom. The third-order valence-electron chi connectivity index (χ3n) is 3.02. The average molecular weight is 389 g/mol. The van der Waals surface area contributed by atoms with Crippen LogP contribution in [0.5, 0.6) is 0 Å². The Kier molecular flexibility index (Phi) is 5.56. The lowest BCUT2D eigenvalue weighted by atomic mass is 10.1. The van der Waals surface area contributed by atoms with Gasteiger partial charge in [-0.15, -0.1) is 11.3 Å². The quantitative estimate of drug-likeness (QED) is 0.798. The van der Waals surface area contributed by atoms with Crippen molar-refractivity contribution >= 4 is 37.3 Å². The lowest BCUT2D eigenvalue weighted by Crippen LogP contribution is -2.22. The highest BCUT2D eigenvalue weighted by molar-refractivity contribution is 9.11. The van der Waals surface area contributed by atoms with E-state index < -0.39 is 10.0 Å². The van der Waals surface area contributed by atoms with Crippen LogP contribution in [0.15, 0.2) is 38.3 Å². The second-order valence-corrected chi connectivity index (χ2v) is 9.07. The molecule has 0 amide bonds. The van der Waals surface area contributed by atoms with Gasteiger partial charge in [-0.3, -0.25) is 0 Å². The summed E-state index contributed by atoms with van der Waals surface area (Å²) in [4.78, 5) is 0. The van der Waals surface area contributed by atoms with Crippen molar-refractivity contribution in [2.24, 2.45) is 5.73 Å². The largest absolute Gasteiger partial charge is 0.330 e. The van der Waals surface area contributed by atoms with Crippen LogP contribution in [0.25, 0.3) is 0 Å². The number of benzene rings is 1. The van der Waals surface area contributed by atoms with Gasteiger partial charge in [0.25, 0.3) is 0 Å². The maximum Gasteiger partial charge on any atom is 0.250 e. The van der Waals surface area contributed by atoms with Gasteiger partial charge in [0, 0.05) is 6.54 Å². The van der Waals surface area contributed by atoms with E-state index in [0.717, 1.165) is 26.9 Å². The van der Waals surface area contributed by atoms with Crippen molar-refractivity contribution in [1.29, 1.82) is 0 Å². The molecule has 21 heavy (non-hydrogen) atoms. The van der Waals surface area contributed by atoms with Gasteiger partial charge in [0.15, 0.2) is 0 Å². The highest BCUT2D eigenvalue weighted by atomic mass is 79.9. The van der Waals surface area contributed by atoms with E-state index in [2.05, 4.69) is 20.7 Å². The number of hydrogen-bond donors (Lipinski definition) is 2. The second-order valence-electron chi connectivity index (χ2n) is 4.70. The molecule has 0 aliphatic rings. The van der Waals surface area contributed by atoms with Crippen LogP contribution in [-0.4, -0.2) is 15.0 Å². The molecule has 0 fully saturated rings. The minimum atomic E-state index is -3.46. The summed E-state index contributed by atoms with van der Waals surface area (Å²) in [6.45, 7) is 2.76. The minimum Gasteiger partial charge on any atom is -0.330 e. The Morgan fingerprint density at radius 3 is 2.38 bits per heavy atom. The van der Waals surface area contributed by atoms with Gasteiger partial charge in [-0.25, -0.2) is 13.1 Å². The van der Waals surface area contributed by atoms with E-state index in [9.17, 15) is 8.42 Å². The standard InChI is InChI=1S/C14H17BrN2O2S2/c1-10-8-13(20-14(10)15)21(18,19)17-9-12-4-2-11(3-5-12)6-7-16/h2-5,8,17H,6-7,9,16H2,1H3. The van der Waals surface area contributed by atoms with Crippen molar-refractivity contribution in [2.45, 2.75) is 24.1 Å². The summed E-state index contributed by atoms with van der Waals surface area (Å²) in [6, 6.07) is 9.46. The molecular weight excluding hydrogens is 372 g/mol. The second kappa shape index (κ2) is 7.02. The maximum absolute atomic E-state index is 12.2. The monoisotopic (exact) mass is 388 g/mol. The molecule has 0 saturated heterocycles. The number of nitrogens with two attached hydrogens (primary N) is 1. The highest BCUT2D eigenvalue weighted by Crippen LogP contribution is 2.30. The number of hydrogen-bond acceptors (Lipinski definition) is 4. The van der Waals surface area contributed by atoms with Gasteiger partial charge in [0.2, 0.25) is 10.0 Å². The molecule has 0 unspecified atom stereocenters. The van der Waals surface area contributed by atoms with Crippen LogP contribution in [0.3, 0.4) is 0 Å². The molecule has 0 radical (unpaired) electrons. The lowest BCUT2D eigenvalue weighted by molar-refractivity contribution is 0.583.